The van der Waals surface area contributed by atoms with Crippen LogP contribution in [-0.2, 0) is 6.42 Å². The third-order valence-electron chi connectivity index (χ3n) is 4.32. The van der Waals surface area contributed by atoms with E-state index in [9.17, 15) is 0 Å². The van der Waals surface area contributed by atoms with E-state index in [0.29, 0.717) is 12.1 Å². The van der Waals surface area contributed by atoms with Gasteiger partial charge in [-0.15, -0.1) is 0 Å². The van der Waals surface area contributed by atoms with Crippen LogP contribution in [0, 0.1) is 12.8 Å². The molecule has 1 N–H and O–H groups in total. The quantitative estimate of drug-likeness (QED) is 0.811. The minimum Gasteiger partial charge on any atom is -0.307 e. The van der Waals surface area contributed by atoms with Crippen molar-refractivity contribution < 1.29 is 0 Å². The molecule has 1 nitrogen and oxygen atoms in total. The van der Waals surface area contributed by atoms with E-state index in [1.807, 2.05) is 0 Å². The molecule has 1 aromatic rings. The van der Waals surface area contributed by atoms with E-state index < -0.39 is 0 Å². The predicted octanol–water partition coefficient (Wildman–Crippen LogP) is 4.40. The minimum atomic E-state index is 0.582. The van der Waals surface area contributed by atoms with Crippen LogP contribution in [0.1, 0.15) is 62.8 Å². The molecule has 3 unspecified atom stereocenters. The first-order valence-corrected chi connectivity index (χ1v) is 7.45. The fourth-order valence-electron chi connectivity index (χ4n) is 3.08. The van der Waals surface area contributed by atoms with Crippen molar-refractivity contribution in [3.8, 4) is 0 Å². The van der Waals surface area contributed by atoms with E-state index in [0.717, 1.165) is 5.92 Å². The Kier molecular flexibility index (Phi) is 4.45. The molecule has 1 heteroatoms. The van der Waals surface area contributed by atoms with Crippen LogP contribution >= 0.6 is 0 Å². The fourth-order valence-corrected chi connectivity index (χ4v) is 3.08. The van der Waals surface area contributed by atoms with Gasteiger partial charge in [0.1, 0.15) is 0 Å². The van der Waals surface area contributed by atoms with Crippen LogP contribution < -0.4 is 5.32 Å². The Balaban J connectivity index is 1.99. The molecule has 1 aliphatic rings. The summed E-state index contributed by atoms with van der Waals surface area (Å²) in [6.07, 6.45) is 5.08. The minimum absolute atomic E-state index is 0.582. The molecule has 0 saturated carbocycles. The van der Waals surface area contributed by atoms with Gasteiger partial charge in [0, 0.05) is 12.1 Å². The summed E-state index contributed by atoms with van der Waals surface area (Å²) in [5.41, 5.74) is 4.48. The number of hydrogen-bond donors (Lipinski definition) is 1. The van der Waals surface area contributed by atoms with Gasteiger partial charge in [-0.3, -0.25) is 0 Å². The van der Waals surface area contributed by atoms with Gasteiger partial charge in [-0.1, -0.05) is 44.0 Å². The molecule has 2 rings (SSSR count). The maximum Gasteiger partial charge on any atom is 0.0328 e. The van der Waals surface area contributed by atoms with Crippen molar-refractivity contribution in [3.63, 3.8) is 0 Å². The number of hydrogen-bond acceptors (Lipinski definition) is 1. The van der Waals surface area contributed by atoms with Gasteiger partial charge >= 0.3 is 0 Å². The van der Waals surface area contributed by atoms with Gasteiger partial charge in [0.05, 0.1) is 0 Å². The average molecular weight is 245 g/mol. The summed E-state index contributed by atoms with van der Waals surface area (Å²) in [4.78, 5) is 0. The van der Waals surface area contributed by atoms with Crippen molar-refractivity contribution in [1.82, 2.24) is 5.32 Å². The van der Waals surface area contributed by atoms with E-state index in [4.69, 9.17) is 0 Å². The monoisotopic (exact) mass is 245 g/mol. The fraction of sp³-hybridized carbons (Fsp3) is 0.647. The molecule has 0 fully saturated rings. The smallest absolute Gasteiger partial charge is 0.0328 e. The molecule has 0 spiro atoms. The number of fused-ring (bicyclic) bond motifs is 1. The zero-order valence-corrected chi connectivity index (χ0v) is 12.3. The molecule has 0 saturated heterocycles. The van der Waals surface area contributed by atoms with Crippen molar-refractivity contribution in [2.75, 3.05) is 0 Å². The summed E-state index contributed by atoms with van der Waals surface area (Å²) in [5, 5.41) is 3.83. The van der Waals surface area contributed by atoms with Gasteiger partial charge in [-0.05, 0) is 50.2 Å². The third kappa shape index (κ3) is 3.14. The van der Waals surface area contributed by atoms with Gasteiger partial charge in [0.25, 0.3) is 0 Å². The second kappa shape index (κ2) is 5.88. The van der Waals surface area contributed by atoms with E-state index in [2.05, 4.69) is 51.2 Å². The second-order valence-corrected chi connectivity index (χ2v) is 6.11. The summed E-state index contributed by atoms with van der Waals surface area (Å²) in [7, 11) is 0. The first kappa shape index (κ1) is 13.6. The lowest BCUT2D eigenvalue weighted by molar-refractivity contribution is 0.374. The molecule has 0 amide bonds. The molecule has 0 bridgehead atoms. The molecular weight excluding hydrogens is 218 g/mol. The van der Waals surface area contributed by atoms with Crippen molar-refractivity contribution in [2.45, 2.75) is 65.5 Å². The molecule has 100 valence electrons. The molecule has 18 heavy (non-hydrogen) atoms. The standard InChI is InChI=1S/C17H27N/c1-5-12(2)10-14(4)18-17-9-8-15-7-6-13(3)11-16(15)17/h6-7,11-12,14,17-18H,5,8-10H2,1-4H3. The number of nitrogens with one attached hydrogen (secondary N) is 1. The van der Waals surface area contributed by atoms with Crippen LogP contribution in [0.4, 0.5) is 0 Å². The van der Waals surface area contributed by atoms with Gasteiger partial charge in [0.2, 0.25) is 0 Å². The molecule has 0 heterocycles. The number of rotatable bonds is 5. The second-order valence-electron chi connectivity index (χ2n) is 6.11. The summed E-state index contributed by atoms with van der Waals surface area (Å²) >= 11 is 0. The summed E-state index contributed by atoms with van der Waals surface area (Å²) in [5.74, 6) is 0.825. The summed E-state index contributed by atoms with van der Waals surface area (Å²) in [6, 6.07) is 8.13. The number of aryl methyl sites for hydroxylation is 2. The van der Waals surface area contributed by atoms with Crippen molar-refractivity contribution in [2.24, 2.45) is 5.92 Å². The molecule has 1 aliphatic carbocycles. The maximum atomic E-state index is 3.83. The first-order valence-electron chi connectivity index (χ1n) is 7.45. The highest BCUT2D eigenvalue weighted by Crippen LogP contribution is 2.32. The lowest BCUT2D eigenvalue weighted by Crippen LogP contribution is -2.30. The van der Waals surface area contributed by atoms with Gasteiger partial charge < -0.3 is 5.32 Å². The molecule has 0 aliphatic heterocycles. The van der Waals surface area contributed by atoms with Crippen LogP contribution in [-0.4, -0.2) is 6.04 Å². The highest BCUT2D eigenvalue weighted by atomic mass is 14.9. The van der Waals surface area contributed by atoms with Crippen LogP contribution in [0.5, 0.6) is 0 Å². The first-order chi connectivity index (χ1) is 8.60. The van der Waals surface area contributed by atoms with Crippen LogP contribution in [0.2, 0.25) is 0 Å². The highest BCUT2D eigenvalue weighted by Gasteiger charge is 2.23. The molecule has 3 atom stereocenters. The van der Waals surface area contributed by atoms with Crippen molar-refractivity contribution in [1.29, 1.82) is 0 Å². The third-order valence-corrected chi connectivity index (χ3v) is 4.32. The normalized spacial score (nSPS) is 21.7. The Morgan fingerprint density at radius 1 is 1.33 bits per heavy atom. The molecular formula is C17H27N. The van der Waals surface area contributed by atoms with E-state index in [-0.39, 0.29) is 0 Å². The van der Waals surface area contributed by atoms with Gasteiger partial charge in [-0.25, -0.2) is 0 Å². The topological polar surface area (TPSA) is 12.0 Å². The summed E-state index contributed by atoms with van der Waals surface area (Å²) < 4.78 is 0. The molecule has 1 aromatic carbocycles. The maximum absolute atomic E-state index is 3.83. The Morgan fingerprint density at radius 3 is 2.83 bits per heavy atom. The van der Waals surface area contributed by atoms with Gasteiger partial charge in [-0.2, -0.15) is 0 Å². The Bertz CT molecular complexity index is 397. The predicted molar refractivity (Wildman–Crippen MR) is 78.9 cm³/mol. The van der Waals surface area contributed by atoms with Crippen LogP contribution in [0.3, 0.4) is 0 Å². The Hall–Kier alpha value is -0.820. The lowest BCUT2D eigenvalue weighted by atomic mass is 9.98. The largest absolute Gasteiger partial charge is 0.307 e. The zero-order chi connectivity index (χ0) is 13.1. The molecule has 0 aromatic heterocycles. The van der Waals surface area contributed by atoms with Crippen LogP contribution in [0.25, 0.3) is 0 Å². The van der Waals surface area contributed by atoms with Gasteiger partial charge in [0.15, 0.2) is 0 Å². The Labute approximate surface area is 112 Å². The van der Waals surface area contributed by atoms with E-state index >= 15 is 0 Å². The van der Waals surface area contributed by atoms with Crippen molar-refractivity contribution in [3.05, 3.63) is 34.9 Å². The Morgan fingerprint density at radius 2 is 2.11 bits per heavy atom. The van der Waals surface area contributed by atoms with Crippen molar-refractivity contribution >= 4 is 0 Å². The van der Waals surface area contributed by atoms with Crippen LogP contribution in [0.15, 0.2) is 18.2 Å². The highest BCUT2D eigenvalue weighted by molar-refractivity contribution is 5.37. The zero-order valence-electron chi connectivity index (χ0n) is 12.3. The SMILES string of the molecule is CCC(C)CC(C)NC1CCc2ccc(C)cc21. The molecule has 0 radical (unpaired) electrons. The van der Waals surface area contributed by atoms with E-state index in [1.165, 1.54) is 31.2 Å². The number of benzene rings is 1. The summed E-state index contributed by atoms with van der Waals surface area (Å²) in [6.45, 7) is 9.16. The lowest BCUT2D eigenvalue weighted by Gasteiger charge is -2.23. The average Bonchev–Trinajstić information content (AvgIpc) is 2.71. The van der Waals surface area contributed by atoms with E-state index in [1.54, 1.807) is 11.1 Å².